The second-order valence-corrected chi connectivity index (χ2v) is 5.97. The van der Waals surface area contributed by atoms with Gasteiger partial charge in [0.05, 0.1) is 5.69 Å². The standard InChI is InChI=1S/C20H18N2O4/c1-13-5-3-6-14(2)18(13)22-10-17(20(24)25)21-19(22)16-8-4-7-15(9-16)11-26-12-23/h3-10,12H,11H2,1-2H3,(H,24,25). The summed E-state index contributed by atoms with van der Waals surface area (Å²) in [5, 5.41) is 9.39. The minimum Gasteiger partial charge on any atom is -0.476 e. The molecule has 0 saturated carbocycles. The van der Waals surface area contributed by atoms with Crippen molar-refractivity contribution in [1.29, 1.82) is 0 Å². The minimum absolute atomic E-state index is 0.0304. The number of aromatic carboxylic acids is 1. The Hall–Kier alpha value is -3.41. The van der Waals surface area contributed by atoms with Gasteiger partial charge in [0.15, 0.2) is 5.69 Å². The van der Waals surface area contributed by atoms with Crippen LogP contribution in [0.15, 0.2) is 48.7 Å². The lowest BCUT2D eigenvalue weighted by molar-refractivity contribution is -0.129. The number of rotatable bonds is 6. The number of carboxylic acid groups (broad SMARTS) is 1. The number of ether oxygens (including phenoxy) is 1. The number of hydrogen-bond donors (Lipinski definition) is 1. The van der Waals surface area contributed by atoms with Gasteiger partial charge in [0.1, 0.15) is 12.4 Å². The third kappa shape index (κ3) is 3.35. The van der Waals surface area contributed by atoms with Crippen LogP contribution in [0.1, 0.15) is 27.2 Å². The lowest BCUT2D eigenvalue weighted by Gasteiger charge is -2.14. The summed E-state index contributed by atoms with van der Waals surface area (Å²) in [6.07, 6.45) is 1.53. The summed E-state index contributed by atoms with van der Waals surface area (Å²) in [6, 6.07) is 13.2. The van der Waals surface area contributed by atoms with Crippen molar-refractivity contribution in [3.05, 3.63) is 71.0 Å². The Morgan fingerprint density at radius 1 is 1.19 bits per heavy atom. The number of carboxylic acids is 1. The Balaban J connectivity index is 2.19. The van der Waals surface area contributed by atoms with Crippen molar-refractivity contribution in [1.82, 2.24) is 9.55 Å². The number of hydrogen-bond acceptors (Lipinski definition) is 4. The second kappa shape index (κ2) is 7.23. The van der Waals surface area contributed by atoms with Gasteiger partial charge in [-0.2, -0.15) is 0 Å². The van der Waals surface area contributed by atoms with E-state index in [-0.39, 0.29) is 12.3 Å². The van der Waals surface area contributed by atoms with Gasteiger partial charge in [-0.3, -0.25) is 9.36 Å². The highest BCUT2D eigenvalue weighted by Gasteiger charge is 2.18. The summed E-state index contributed by atoms with van der Waals surface area (Å²) in [5.41, 5.74) is 4.44. The van der Waals surface area contributed by atoms with E-state index in [1.165, 1.54) is 6.20 Å². The number of nitrogens with zero attached hydrogens (tertiary/aromatic N) is 2. The molecule has 3 rings (SSSR count). The molecule has 0 radical (unpaired) electrons. The Kier molecular flexibility index (Phi) is 4.84. The first-order chi connectivity index (χ1) is 12.5. The Morgan fingerprint density at radius 2 is 1.88 bits per heavy atom. The summed E-state index contributed by atoms with van der Waals surface area (Å²) < 4.78 is 6.60. The maximum absolute atomic E-state index is 11.5. The predicted molar refractivity (Wildman–Crippen MR) is 96.3 cm³/mol. The van der Waals surface area contributed by atoms with Crippen molar-refractivity contribution >= 4 is 12.4 Å². The molecule has 1 N–H and O–H groups in total. The summed E-state index contributed by atoms with van der Waals surface area (Å²) >= 11 is 0. The van der Waals surface area contributed by atoms with Gasteiger partial charge in [-0.05, 0) is 36.6 Å². The van der Waals surface area contributed by atoms with Crippen LogP contribution in [-0.2, 0) is 16.1 Å². The molecule has 132 valence electrons. The molecule has 2 aromatic carbocycles. The smallest absolute Gasteiger partial charge is 0.356 e. The molecule has 6 heteroatoms. The number of aryl methyl sites for hydroxylation is 2. The van der Waals surface area contributed by atoms with Crippen LogP contribution in [0.3, 0.4) is 0 Å². The third-order valence-electron chi connectivity index (χ3n) is 4.11. The van der Waals surface area contributed by atoms with Gasteiger partial charge < -0.3 is 9.84 Å². The van der Waals surface area contributed by atoms with E-state index in [0.29, 0.717) is 12.3 Å². The van der Waals surface area contributed by atoms with Crippen molar-refractivity contribution in [2.45, 2.75) is 20.5 Å². The molecular weight excluding hydrogens is 332 g/mol. The number of benzene rings is 2. The van der Waals surface area contributed by atoms with Gasteiger partial charge >= 0.3 is 5.97 Å². The fourth-order valence-corrected chi connectivity index (χ4v) is 2.97. The summed E-state index contributed by atoms with van der Waals surface area (Å²) in [4.78, 5) is 26.2. The number of aromatic nitrogens is 2. The Morgan fingerprint density at radius 3 is 2.54 bits per heavy atom. The summed E-state index contributed by atoms with van der Waals surface area (Å²) in [6.45, 7) is 4.49. The monoisotopic (exact) mass is 350 g/mol. The van der Waals surface area contributed by atoms with Crippen molar-refractivity contribution in [3.63, 3.8) is 0 Å². The predicted octanol–water partition coefficient (Wildman–Crippen LogP) is 3.53. The number of para-hydroxylation sites is 1. The zero-order valence-corrected chi connectivity index (χ0v) is 14.5. The van der Waals surface area contributed by atoms with Crippen LogP contribution in [0.25, 0.3) is 17.1 Å². The van der Waals surface area contributed by atoms with Gasteiger partial charge in [0, 0.05) is 11.8 Å². The molecule has 26 heavy (non-hydrogen) atoms. The van der Waals surface area contributed by atoms with Crippen LogP contribution in [0.5, 0.6) is 0 Å². The van der Waals surface area contributed by atoms with E-state index >= 15 is 0 Å². The Labute approximate surface area is 150 Å². The van der Waals surface area contributed by atoms with Crippen molar-refractivity contribution in [2.75, 3.05) is 0 Å². The molecule has 0 bridgehead atoms. The van der Waals surface area contributed by atoms with Crippen molar-refractivity contribution in [2.24, 2.45) is 0 Å². The summed E-state index contributed by atoms with van der Waals surface area (Å²) in [5.74, 6) is -0.565. The highest BCUT2D eigenvalue weighted by molar-refractivity contribution is 5.86. The van der Waals surface area contributed by atoms with Crippen molar-refractivity contribution < 1.29 is 19.4 Å². The average Bonchev–Trinajstić information content (AvgIpc) is 3.05. The van der Waals surface area contributed by atoms with Gasteiger partial charge in [-0.25, -0.2) is 9.78 Å². The van der Waals surface area contributed by atoms with E-state index in [2.05, 4.69) is 4.98 Å². The average molecular weight is 350 g/mol. The normalized spacial score (nSPS) is 10.5. The lowest BCUT2D eigenvalue weighted by atomic mass is 10.1. The van der Waals surface area contributed by atoms with E-state index < -0.39 is 5.97 Å². The van der Waals surface area contributed by atoms with Gasteiger partial charge in [-0.15, -0.1) is 0 Å². The summed E-state index contributed by atoms with van der Waals surface area (Å²) in [7, 11) is 0. The van der Waals surface area contributed by atoms with Gasteiger partial charge in [0.25, 0.3) is 6.47 Å². The van der Waals surface area contributed by atoms with E-state index in [0.717, 1.165) is 27.9 Å². The molecule has 0 spiro atoms. The number of imidazole rings is 1. The quantitative estimate of drug-likeness (QED) is 0.688. The molecule has 0 saturated heterocycles. The molecule has 0 fully saturated rings. The van der Waals surface area contributed by atoms with Crippen LogP contribution < -0.4 is 0 Å². The SMILES string of the molecule is Cc1cccc(C)c1-n1cc(C(=O)O)nc1-c1cccc(COC=O)c1. The highest BCUT2D eigenvalue weighted by atomic mass is 16.5. The molecule has 0 aliphatic heterocycles. The van der Waals surface area contributed by atoms with Gasteiger partial charge in [0.2, 0.25) is 0 Å². The Bertz CT molecular complexity index is 955. The molecule has 1 heterocycles. The minimum atomic E-state index is -1.09. The molecular formula is C20H18N2O4. The molecule has 0 aliphatic carbocycles. The molecule has 0 amide bonds. The topological polar surface area (TPSA) is 81.4 Å². The van der Waals surface area contributed by atoms with Crippen LogP contribution in [0.2, 0.25) is 0 Å². The van der Waals surface area contributed by atoms with E-state index in [9.17, 15) is 14.7 Å². The molecule has 0 atom stereocenters. The largest absolute Gasteiger partial charge is 0.476 e. The number of carbonyl (C=O) groups is 2. The van der Waals surface area contributed by atoms with E-state index in [1.807, 2.05) is 56.3 Å². The van der Waals surface area contributed by atoms with E-state index in [1.54, 1.807) is 4.57 Å². The van der Waals surface area contributed by atoms with Crippen LogP contribution >= 0.6 is 0 Å². The van der Waals surface area contributed by atoms with Gasteiger partial charge in [-0.1, -0.05) is 36.4 Å². The number of carbonyl (C=O) groups excluding carboxylic acids is 1. The fourth-order valence-electron chi connectivity index (χ4n) is 2.97. The highest BCUT2D eigenvalue weighted by Crippen LogP contribution is 2.28. The zero-order valence-electron chi connectivity index (χ0n) is 14.5. The fraction of sp³-hybridized carbons (Fsp3) is 0.150. The third-order valence-corrected chi connectivity index (χ3v) is 4.11. The molecule has 3 aromatic rings. The maximum atomic E-state index is 11.5. The molecule has 0 unspecified atom stereocenters. The van der Waals surface area contributed by atoms with Crippen LogP contribution in [0.4, 0.5) is 0 Å². The van der Waals surface area contributed by atoms with E-state index in [4.69, 9.17) is 4.74 Å². The maximum Gasteiger partial charge on any atom is 0.356 e. The first-order valence-corrected chi connectivity index (χ1v) is 8.05. The first kappa shape index (κ1) is 17.4. The second-order valence-electron chi connectivity index (χ2n) is 5.97. The molecule has 6 nitrogen and oxygen atoms in total. The van der Waals surface area contributed by atoms with Crippen LogP contribution in [0, 0.1) is 13.8 Å². The first-order valence-electron chi connectivity index (χ1n) is 8.05. The molecule has 0 aliphatic rings. The zero-order chi connectivity index (χ0) is 18.7. The van der Waals surface area contributed by atoms with Crippen LogP contribution in [-0.4, -0.2) is 27.1 Å². The van der Waals surface area contributed by atoms with Crippen molar-refractivity contribution in [3.8, 4) is 17.1 Å². The molecule has 1 aromatic heterocycles. The lowest BCUT2D eigenvalue weighted by Crippen LogP contribution is -2.02.